The third-order valence-corrected chi connectivity index (χ3v) is 5.57. The van der Waals surface area contributed by atoms with Gasteiger partial charge in [0.15, 0.2) is 9.84 Å². The summed E-state index contributed by atoms with van der Waals surface area (Å²) in [5.74, 6) is 1.73. The van der Waals surface area contributed by atoms with E-state index in [1.54, 1.807) is 0 Å². The highest BCUT2D eigenvalue weighted by Gasteiger charge is 2.20. The van der Waals surface area contributed by atoms with Gasteiger partial charge in [0.1, 0.15) is 17.9 Å². The second-order valence-electron chi connectivity index (χ2n) is 5.63. The second-order valence-corrected chi connectivity index (χ2v) is 7.94. The number of sulfone groups is 1. The molecule has 2 heterocycles. The van der Waals surface area contributed by atoms with Crippen molar-refractivity contribution in [2.75, 3.05) is 43.5 Å². The highest BCUT2D eigenvalue weighted by molar-refractivity contribution is 7.91. The summed E-state index contributed by atoms with van der Waals surface area (Å²) in [6, 6.07) is 5.56. The third kappa shape index (κ3) is 4.08. The van der Waals surface area contributed by atoms with Crippen LogP contribution in [0.1, 0.15) is 6.42 Å². The molecule has 0 atom stereocenters. The predicted molar refractivity (Wildman–Crippen MR) is 89.2 cm³/mol. The van der Waals surface area contributed by atoms with E-state index in [4.69, 9.17) is 10.5 Å². The largest absolute Gasteiger partial charge is 0.493 e. The van der Waals surface area contributed by atoms with Crippen LogP contribution < -0.4 is 10.5 Å². The molecule has 0 amide bonds. The Labute approximate surface area is 135 Å². The molecule has 23 heavy (non-hydrogen) atoms. The van der Waals surface area contributed by atoms with Crippen molar-refractivity contribution in [1.82, 2.24) is 14.9 Å². The minimum Gasteiger partial charge on any atom is -0.493 e. The monoisotopic (exact) mass is 336 g/mol. The summed E-state index contributed by atoms with van der Waals surface area (Å²) in [4.78, 5) is 10.3. The summed E-state index contributed by atoms with van der Waals surface area (Å²) in [5.41, 5.74) is 6.55. The first-order chi connectivity index (χ1) is 11.0. The van der Waals surface area contributed by atoms with Crippen LogP contribution in [0.3, 0.4) is 0 Å². The van der Waals surface area contributed by atoms with E-state index in [0.717, 1.165) is 29.6 Å². The van der Waals surface area contributed by atoms with Crippen molar-refractivity contribution < 1.29 is 13.2 Å². The Morgan fingerprint density at radius 1 is 1.22 bits per heavy atom. The molecule has 8 heteroatoms. The number of fused-ring (bicyclic) bond motifs is 1. The molecule has 1 aromatic carbocycles. The molecule has 0 spiro atoms. The highest BCUT2D eigenvalue weighted by Crippen LogP contribution is 2.22. The Balaban J connectivity index is 1.48. The number of benzene rings is 1. The van der Waals surface area contributed by atoms with Crippen molar-refractivity contribution in [3.8, 4) is 5.75 Å². The molecule has 3 rings (SSSR count). The Kier molecular flexibility index (Phi) is 4.63. The van der Waals surface area contributed by atoms with Gasteiger partial charge in [-0.15, -0.1) is 0 Å². The number of anilines is 1. The van der Waals surface area contributed by atoms with Gasteiger partial charge >= 0.3 is 0 Å². The lowest BCUT2D eigenvalue weighted by molar-refractivity contribution is 0.246. The molecule has 2 aromatic rings. The Hall–Kier alpha value is -1.93. The molecule has 1 saturated heterocycles. The van der Waals surface area contributed by atoms with Gasteiger partial charge in [-0.05, 0) is 18.6 Å². The van der Waals surface area contributed by atoms with Crippen LogP contribution in [0.25, 0.3) is 10.9 Å². The van der Waals surface area contributed by atoms with E-state index in [1.165, 1.54) is 6.33 Å². The molecule has 2 N–H and O–H groups in total. The summed E-state index contributed by atoms with van der Waals surface area (Å²) in [6.45, 7) is 2.66. The van der Waals surface area contributed by atoms with Gasteiger partial charge in [0.25, 0.3) is 0 Å². The lowest BCUT2D eigenvalue weighted by Gasteiger charge is -2.26. The number of aromatic nitrogens is 2. The van der Waals surface area contributed by atoms with E-state index in [1.807, 2.05) is 18.2 Å². The number of nitrogens with zero attached hydrogens (tertiary/aromatic N) is 3. The van der Waals surface area contributed by atoms with Crippen LogP contribution >= 0.6 is 0 Å². The van der Waals surface area contributed by atoms with Crippen LogP contribution in [0, 0.1) is 0 Å². The van der Waals surface area contributed by atoms with Gasteiger partial charge in [-0.3, -0.25) is 0 Å². The zero-order chi connectivity index (χ0) is 16.3. The summed E-state index contributed by atoms with van der Waals surface area (Å²) in [5, 5.41) is 0.814. The average Bonchev–Trinajstić information content (AvgIpc) is 2.53. The van der Waals surface area contributed by atoms with Crippen LogP contribution in [0.2, 0.25) is 0 Å². The lowest BCUT2D eigenvalue weighted by atomic mass is 10.2. The van der Waals surface area contributed by atoms with Gasteiger partial charge in [-0.2, -0.15) is 0 Å². The van der Waals surface area contributed by atoms with Crippen LogP contribution in [-0.4, -0.2) is 61.0 Å². The van der Waals surface area contributed by atoms with Crippen molar-refractivity contribution in [3.05, 3.63) is 24.5 Å². The molecular formula is C15H20N4O3S. The topological polar surface area (TPSA) is 98.4 Å². The number of hydrogen-bond donors (Lipinski definition) is 1. The summed E-state index contributed by atoms with van der Waals surface area (Å²) < 4.78 is 28.5. The summed E-state index contributed by atoms with van der Waals surface area (Å²) in [6.07, 6.45) is 2.29. The fourth-order valence-corrected chi connectivity index (χ4v) is 3.88. The molecule has 0 saturated carbocycles. The molecule has 0 aliphatic carbocycles. The quantitative estimate of drug-likeness (QED) is 0.803. The molecule has 7 nitrogen and oxygen atoms in total. The minimum atomic E-state index is -2.81. The number of nitrogens with two attached hydrogens (primary N) is 1. The standard InChI is InChI=1S/C15H20N4O3S/c16-15-13-3-2-12(10-14(13)17-11-18-15)22-7-1-4-19-5-8-23(20,21)9-6-19/h2-3,10-11H,1,4-9H2,(H2,16,17,18). The Morgan fingerprint density at radius 2 is 2.00 bits per heavy atom. The molecule has 0 unspecified atom stereocenters. The third-order valence-electron chi connectivity index (χ3n) is 3.96. The zero-order valence-electron chi connectivity index (χ0n) is 12.8. The van der Waals surface area contributed by atoms with E-state index in [2.05, 4.69) is 14.9 Å². The average molecular weight is 336 g/mol. The van der Waals surface area contributed by atoms with E-state index >= 15 is 0 Å². The molecule has 1 aliphatic heterocycles. The van der Waals surface area contributed by atoms with Gasteiger partial charge < -0.3 is 15.4 Å². The second kappa shape index (κ2) is 6.67. The van der Waals surface area contributed by atoms with E-state index in [-0.39, 0.29) is 11.5 Å². The van der Waals surface area contributed by atoms with Crippen molar-refractivity contribution in [2.45, 2.75) is 6.42 Å². The molecule has 1 fully saturated rings. The number of hydrogen-bond acceptors (Lipinski definition) is 7. The Morgan fingerprint density at radius 3 is 2.78 bits per heavy atom. The SMILES string of the molecule is Nc1ncnc2cc(OCCCN3CCS(=O)(=O)CC3)ccc12. The van der Waals surface area contributed by atoms with E-state index in [9.17, 15) is 8.42 Å². The fourth-order valence-electron chi connectivity index (χ4n) is 2.60. The van der Waals surface area contributed by atoms with Crippen LogP contribution in [0.5, 0.6) is 5.75 Å². The normalized spacial score (nSPS) is 18.1. The maximum absolute atomic E-state index is 11.4. The van der Waals surface area contributed by atoms with Gasteiger partial charge in [0, 0.05) is 31.1 Å². The van der Waals surface area contributed by atoms with Gasteiger partial charge in [0.05, 0.1) is 23.6 Å². The highest BCUT2D eigenvalue weighted by atomic mass is 32.2. The van der Waals surface area contributed by atoms with Crippen molar-refractivity contribution >= 4 is 26.6 Å². The first kappa shape index (κ1) is 15.9. The van der Waals surface area contributed by atoms with Crippen LogP contribution in [0.15, 0.2) is 24.5 Å². The predicted octanol–water partition coefficient (Wildman–Crippen LogP) is 0.711. The summed E-state index contributed by atoms with van der Waals surface area (Å²) in [7, 11) is -2.81. The zero-order valence-corrected chi connectivity index (χ0v) is 13.6. The number of ether oxygens (including phenoxy) is 1. The molecule has 1 aromatic heterocycles. The maximum atomic E-state index is 11.4. The number of nitrogen functional groups attached to an aromatic ring is 1. The van der Waals surface area contributed by atoms with Crippen molar-refractivity contribution in [1.29, 1.82) is 0 Å². The molecule has 124 valence electrons. The van der Waals surface area contributed by atoms with Gasteiger partial charge in [-0.25, -0.2) is 18.4 Å². The fraction of sp³-hybridized carbons (Fsp3) is 0.467. The van der Waals surface area contributed by atoms with Crippen molar-refractivity contribution in [3.63, 3.8) is 0 Å². The minimum absolute atomic E-state index is 0.264. The molecule has 0 bridgehead atoms. The number of rotatable bonds is 5. The van der Waals surface area contributed by atoms with Crippen LogP contribution in [0.4, 0.5) is 5.82 Å². The first-order valence-electron chi connectivity index (χ1n) is 7.59. The molecular weight excluding hydrogens is 316 g/mol. The smallest absolute Gasteiger partial charge is 0.152 e. The maximum Gasteiger partial charge on any atom is 0.152 e. The van der Waals surface area contributed by atoms with Gasteiger partial charge in [-0.1, -0.05) is 0 Å². The summed E-state index contributed by atoms with van der Waals surface area (Å²) >= 11 is 0. The van der Waals surface area contributed by atoms with E-state index < -0.39 is 9.84 Å². The molecule has 0 radical (unpaired) electrons. The van der Waals surface area contributed by atoms with Crippen molar-refractivity contribution in [2.24, 2.45) is 0 Å². The molecule has 1 aliphatic rings. The Bertz CT molecular complexity index is 780. The van der Waals surface area contributed by atoms with E-state index in [0.29, 0.717) is 25.5 Å². The van der Waals surface area contributed by atoms with Gasteiger partial charge in [0.2, 0.25) is 0 Å². The first-order valence-corrected chi connectivity index (χ1v) is 9.41. The lowest BCUT2D eigenvalue weighted by Crippen LogP contribution is -2.40. The van der Waals surface area contributed by atoms with Crippen LogP contribution in [-0.2, 0) is 9.84 Å².